The molecule has 0 bridgehead atoms. The number of anilines is 1. The average molecular weight is 304 g/mol. The van der Waals surface area contributed by atoms with E-state index < -0.39 is 0 Å². The van der Waals surface area contributed by atoms with Crippen LogP contribution in [0.5, 0.6) is 0 Å². The van der Waals surface area contributed by atoms with E-state index in [4.69, 9.17) is 10.5 Å². The van der Waals surface area contributed by atoms with E-state index in [2.05, 4.69) is 20.8 Å². The van der Waals surface area contributed by atoms with Crippen molar-refractivity contribution in [2.24, 2.45) is 5.41 Å². The van der Waals surface area contributed by atoms with Gasteiger partial charge in [-0.25, -0.2) is 0 Å². The molecule has 2 atom stereocenters. The van der Waals surface area contributed by atoms with E-state index in [1.807, 2.05) is 24.1 Å². The molecule has 1 aromatic rings. The molecular weight excluding hydrogens is 276 g/mol. The molecule has 1 saturated carbocycles. The molecule has 1 aliphatic carbocycles. The molecule has 1 aromatic carbocycles. The number of carbonyl (C=O) groups is 1. The van der Waals surface area contributed by atoms with Crippen molar-refractivity contribution in [1.29, 1.82) is 0 Å². The molecule has 122 valence electrons. The highest BCUT2D eigenvalue weighted by Crippen LogP contribution is 2.45. The van der Waals surface area contributed by atoms with Gasteiger partial charge in [-0.05, 0) is 31.0 Å². The zero-order valence-electron chi connectivity index (χ0n) is 14.1. The van der Waals surface area contributed by atoms with Crippen LogP contribution in [-0.2, 0) is 4.74 Å². The van der Waals surface area contributed by atoms with E-state index in [9.17, 15) is 4.79 Å². The summed E-state index contributed by atoms with van der Waals surface area (Å²) in [4.78, 5) is 14.5. The fourth-order valence-corrected chi connectivity index (χ4v) is 3.19. The molecule has 0 aromatic heterocycles. The summed E-state index contributed by atoms with van der Waals surface area (Å²) >= 11 is 0. The lowest BCUT2D eigenvalue weighted by Crippen LogP contribution is -2.62. The van der Waals surface area contributed by atoms with Crippen LogP contribution in [0.3, 0.4) is 0 Å². The first-order chi connectivity index (χ1) is 10.4. The summed E-state index contributed by atoms with van der Waals surface area (Å²) in [5, 5.41) is 0. The van der Waals surface area contributed by atoms with Gasteiger partial charge in [-0.3, -0.25) is 4.79 Å². The number of benzene rings is 1. The van der Waals surface area contributed by atoms with Crippen molar-refractivity contribution in [1.82, 2.24) is 4.90 Å². The van der Waals surface area contributed by atoms with Crippen LogP contribution in [0.15, 0.2) is 24.3 Å². The third-order valence-electron chi connectivity index (χ3n) is 4.86. The second-order valence-corrected chi connectivity index (χ2v) is 6.83. The number of amides is 1. The summed E-state index contributed by atoms with van der Waals surface area (Å²) in [5.74, 6) is 0.0254. The maximum absolute atomic E-state index is 12.6. The van der Waals surface area contributed by atoms with Gasteiger partial charge in [-0.2, -0.15) is 0 Å². The van der Waals surface area contributed by atoms with Crippen LogP contribution >= 0.6 is 0 Å². The van der Waals surface area contributed by atoms with Gasteiger partial charge in [0.25, 0.3) is 5.91 Å². The Balaban J connectivity index is 1.99. The van der Waals surface area contributed by atoms with E-state index in [1.54, 1.807) is 12.1 Å². The molecule has 1 fully saturated rings. The molecular formula is C18H28N2O2. The van der Waals surface area contributed by atoms with Crippen molar-refractivity contribution in [3.05, 3.63) is 29.8 Å². The summed E-state index contributed by atoms with van der Waals surface area (Å²) in [6.45, 7) is 7.34. The number of unbranched alkanes of at least 4 members (excludes halogenated alkanes) is 1. The summed E-state index contributed by atoms with van der Waals surface area (Å²) in [6.07, 6.45) is 3.38. The van der Waals surface area contributed by atoms with E-state index in [-0.39, 0.29) is 23.5 Å². The molecule has 0 heterocycles. The lowest BCUT2D eigenvalue weighted by Gasteiger charge is -2.54. The summed E-state index contributed by atoms with van der Waals surface area (Å²) in [7, 11) is 1.88. The largest absolute Gasteiger partial charge is 0.399 e. The van der Waals surface area contributed by atoms with Crippen molar-refractivity contribution in [3.8, 4) is 0 Å². The average Bonchev–Trinajstić information content (AvgIpc) is 2.48. The third kappa shape index (κ3) is 3.27. The van der Waals surface area contributed by atoms with Crippen molar-refractivity contribution in [2.45, 2.75) is 52.2 Å². The standard InChI is InChI=1S/C18H28N2O2/c1-5-6-10-22-16-12-15(18(16,2)3)20(4)17(21)13-8-7-9-14(19)11-13/h7-9,11,15-16H,5-6,10,12,19H2,1-4H3. The fraction of sp³-hybridized carbons (Fsp3) is 0.611. The molecule has 22 heavy (non-hydrogen) atoms. The van der Waals surface area contributed by atoms with Gasteiger partial charge in [-0.15, -0.1) is 0 Å². The number of ether oxygens (including phenoxy) is 1. The van der Waals surface area contributed by atoms with Crippen LogP contribution in [0.4, 0.5) is 5.69 Å². The molecule has 2 N–H and O–H groups in total. The molecule has 0 aliphatic heterocycles. The smallest absolute Gasteiger partial charge is 0.253 e. The van der Waals surface area contributed by atoms with Gasteiger partial charge in [0, 0.05) is 36.4 Å². The van der Waals surface area contributed by atoms with Crippen LogP contribution in [0, 0.1) is 5.41 Å². The van der Waals surface area contributed by atoms with Gasteiger partial charge in [0.1, 0.15) is 0 Å². The van der Waals surface area contributed by atoms with Gasteiger partial charge in [0.15, 0.2) is 0 Å². The highest BCUT2D eigenvalue weighted by atomic mass is 16.5. The van der Waals surface area contributed by atoms with Gasteiger partial charge >= 0.3 is 0 Å². The molecule has 0 saturated heterocycles. The highest BCUT2D eigenvalue weighted by molar-refractivity contribution is 5.95. The summed E-state index contributed by atoms with van der Waals surface area (Å²) in [6, 6.07) is 7.37. The maximum Gasteiger partial charge on any atom is 0.253 e. The fourth-order valence-electron chi connectivity index (χ4n) is 3.19. The van der Waals surface area contributed by atoms with E-state index in [1.165, 1.54) is 0 Å². The number of carbonyl (C=O) groups excluding carboxylic acids is 1. The molecule has 1 amide bonds. The van der Waals surface area contributed by atoms with Crippen molar-refractivity contribution >= 4 is 11.6 Å². The Labute approximate surface area is 133 Å². The van der Waals surface area contributed by atoms with Gasteiger partial charge in [0.2, 0.25) is 0 Å². The summed E-state index contributed by atoms with van der Waals surface area (Å²) in [5.41, 5.74) is 7.02. The molecule has 4 nitrogen and oxygen atoms in total. The molecule has 2 unspecified atom stereocenters. The summed E-state index contributed by atoms with van der Waals surface area (Å²) < 4.78 is 5.96. The van der Waals surface area contributed by atoms with Crippen LogP contribution in [0.1, 0.15) is 50.4 Å². The van der Waals surface area contributed by atoms with E-state index >= 15 is 0 Å². The van der Waals surface area contributed by atoms with Gasteiger partial charge in [-0.1, -0.05) is 33.3 Å². The Morgan fingerprint density at radius 3 is 2.77 bits per heavy atom. The second-order valence-electron chi connectivity index (χ2n) is 6.83. The molecule has 2 rings (SSSR count). The van der Waals surface area contributed by atoms with Crippen LogP contribution < -0.4 is 5.73 Å². The molecule has 0 radical (unpaired) electrons. The Morgan fingerprint density at radius 2 is 2.18 bits per heavy atom. The van der Waals surface area contributed by atoms with Crippen LogP contribution in [0.25, 0.3) is 0 Å². The monoisotopic (exact) mass is 304 g/mol. The third-order valence-corrected chi connectivity index (χ3v) is 4.86. The zero-order chi connectivity index (χ0) is 16.3. The van der Waals surface area contributed by atoms with Crippen molar-refractivity contribution < 1.29 is 9.53 Å². The van der Waals surface area contributed by atoms with E-state index in [0.29, 0.717) is 11.3 Å². The number of rotatable bonds is 6. The maximum atomic E-state index is 12.6. The van der Waals surface area contributed by atoms with Crippen molar-refractivity contribution in [2.75, 3.05) is 19.4 Å². The Bertz CT molecular complexity index is 528. The number of nitrogens with zero attached hydrogens (tertiary/aromatic N) is 1. The minimum absolute atomic E-state index is 0.0154. The molecule has 0 spiro atoms. The van der Waals surface area contributed by atoms with Crippen LogP contribution in [0.2, 0.25) is 0 Å². The predicted molar refractivity (Wildman–Crippen MR) is 89.8 cm³/mol. The number of hydrogen-bond donors (Lipinski definition) is 1. The molecule has 1 aliphatic rings. The quantitative estimate of drug-likeness (QED) is 0.648. The van der Waals surface area contributed by atoms with Gasteiger partial charge < -0.3 is 15.4 Å². The lowest BCUT2D eigenvalue weighted by molar-refractivity contribution is -0.140. The Hall–Kier alpha value is -1.55. The first-order valence-electron chi connectivity index (χ1n) is 8.12. The lowest BCUT2D eigenvalue weighted by atomic mass is 9.63. The SMILES string of the molecule is CCCCOC1CC(N(C)C(=O)c2cccc(N)c2)C1(C)C. The first kappa shape index (κ1) is 16.8. The van der Waals surface area contributed by atoms with Gasteiger partial charge in [0.05, 0.1) is 6.10 Å². The van der Waals surface area contributed by atoms with Crippen LogP contribution in [-0.4, -0.2) is 36.6 Å². The minimum Gasteiger partial charge on any atom is -0.399 e. The zero-order valence-corrected chi connectivity index (χ0v) is 14.1. The molecule has 4 heteroatoms. The number of nitrogen functional groups attached to an aromatic ring is 1. The topological polar surface area (TPSA) is 55.6 Å². The predicted octanol–water partition coefficient (Wildman–Crippen LogP) is 3.32. The highest BCUT2D eigenvalue weighted by Gasteiger charge is 2.51. The van der Waals surface area contributed by atoms with Crippen molar-refractivity contribution in [3.63, 3.8) is 0 Å². The van der Waals surface area contributed by atoms with E-state index in [0.717, 1.165) is 25.9 Å². The number of hydrogen-bond acceptors (Lipinski definition) is 3. The second kappa shape index (κ2) is 6.69. The minimum atomic E-state index is -0.0154. The normalized spacial score (nSPS) is 22.9. The number of nitrogens with two attached hydrogens (primary N) is 1. The first-order valence-corrected chi connectivity index (χ1v) is 8.12. The Kier molecular flexibility index (Phi) is 5.12. The Morgan fingerprint density at radius 1 is 1.45 bits per heavy atom.